The van der Waals surface area contributed by atoms with E-state index in [1.165, 1.54) is 0 Å². The zero-order valence-corrected chi connectivity index (χ0v) is 15.5. The third-order valence-electron chi connectivity index (χ3n) is 4.87. The van der Waals surface area contributed by atoms with E-state index in [1.807, 2.05) is 72.8 Å². The van der Waals surface area contributed by atoms with Crippen LogP contribution in [0.25, 0.3) is 0 Å². The van der Waals surface area contributed by atoms with Crippen molar-refractivity contribution in [3.63, 3.8) is 0 Å². The molecular weight excluding hydrogens is 358 g/mol. The Morgan fingerprint density at radius 2 is 1.56 bits per heavy atom. The molecule has 1 aliphatic rings. The van der Waals surface area contributed by atoms with Crippen LogP contribution in [-0.2, 0) is 4.79 Å². The number of carbonyl (C=O) groups excluding carboxylic acids is 1. The van der Waals surface area contributed by atoms with Crippen LogP contribution in [0, 0.1) is 0 Å². The number of benzene rings is 3. The minimum atomic E-state index is -0.363. The van der Waals surface area contributed by atoms with Gasteiger partial charge in [0.1, 0.15) is 5.75 Å². The number of rotatable bonds is 4. The molecule has 0 radical (unpaired) electrons. The lowest BCUT2D eigenvalue weighted by atomic mass is 9.89. The average molecular weight is 378 g/mol. The quantitative estimate of drug-likeness (QED) is 0.686. The SMILES string of the molecule is O=C(NC1CCOc2c(Cl)cccc21)C(c1ccccc1)c1ccccc1. The molecule has 4 rings (SSSR count). The van der Waals surface area contributed by atoms with Crippen LogP contribution < -0.4 is 10.1 Å². The number of amides is 1. The van der Waals surface area contributed by atoms with Crippen LogP contribution in [0.3, 0.4) is 0 Å². The van der Waals surface area contributed by atoms with Crippen molar-refractivity contribution in [1.29, 1.82) is 0 Å². The number of para-hydroxylation sites is 1. The van der Waals surface area contributed by atoms with Crippen molar-refractivity contribution in [1.82, 2.24) is 5.32 Å². The lowest BCUT2D eigenvalue weighted by molar-refractivity contribution is -0.122. The highest BCUT2D eigenvalue weighted by Gasteiger charge is 2.29. The Morgan fingerprint density at radius 3 is 2.19 bits per heavy atom. The normalized spacial score (nSPS) is 15.7. The summed E-state index contributed by atoms with van der Waals surface area (Å²) >= 11 is 6.26. The average Bonchev–Trinajstić information content (AvgIpc) is 2.71. The maximum Gasteiger partial charge on any atom is 0.232 e. The van der Waals surface area contributed by atoms with Gasteiger partial charge < -0.3 is 10.1 Å². The number of fused-ring (bicyclic) bond motifs is 1. The van der Waals surface area contributed by atoms with E-state index >= 15 is 0 Å². The first kappa shape index (κ1) is 17.6. The van der Waals surface area contributed by atoms with Crippen molar-refractivity contribution in [3.05, 3.63) is 101 Å². The predicted octanol–water partition coefficient (Wildman–Crippen LogP) is 5.11. The Labute approximate surface area is 163 Å². The van der Waals surface area contributed by atoms with Crippen LogP contribution in [-0.4, -0.2) is 12.5 Å². The summed E-state index contributed by atoms with van der Waals surface area (Å²) in [5, 5.41) is 3.80. The van der Waals surface area contributed by atoms with E-state index in [9.17, 15) is 4.79 Å². The highest BCUT2D eigenvalue weighted by molar-refractivity contribution is 6.32. The third-order valence-corrected chi connectivity index (χ3v) is 5.17. The van der Waals surface area contributed by atoms with Crippen LogP contribution in [0.2, 0.25) is 5.02 Å². The lowest BCUT2D eigenvalue weighted by Crippen LogP contribution is -2.36. The second-order valence-electron chi connectivity index (χ2n) is 6.61. The van der Waals surface area contributed by atoms with E-state index < -0.39 is 0 Å². The summed E-state index contributed by atoms with van der Waals surface area (Å²) in [4.78, 5) is 13.3. The molecule has 0 aromatic heterocycles. The van der Waals surface area contributed by atoms with Crippen LogP contribution in [0.4, 0.5) is 0 Å². The minimum absolute atomic E-state index is 0.0229. The molecule has 1 aliphatic heterocycles. The standard InChI is InChI=1S/C23H20ClNO2/c24-19-13-7-12-18-20(14-15-27-22(18)19)25-23(26)21(16-8-3-1-4-9-16)17-10-5-2-6-11-17/h1-13,20-21H,14-15H2,(H,25,26). The molecule has 0 bridgehead atoms. The molecular formula is C23H20ClNO2. The van der Waals surface area contributed by atoms with Gasteiger partial charge >= 0.3 is 0 Å². The first-order valence-corrected chi connectivity index (χ1v) is 9.43. The zero-order valence-electron chi connectivity index (χ0n) is 14.8. The van der Waals surface area contributed by atoms with E-state index in [2.05, 4.69) is 5.32 Å². The van der Waals surface area contributed by atoms with Gasteiger partial charge in [-0.25, -0.2) is 0 Å². The van der Waals surface area contributed by atoms with Gasteiger partial charge in [-0.1, -0.05) is 84.4 Å². The first-order valence-electron chi connectivity index (χ1n) is 9.05. The van der Waals surface area contributed by atoms with E-state index in [1.54, 1.807) is 6.07 Å². The Bertz CT molecular complexity index is 888. The zero-order chi connectivity index (χ0) is 18.6. The number of carbonyl (C=O) groups is 1. The maximum atomic E-state index is 13.3. The van der Waals surface area contributed by atoms with Crippen LogP contribution in [0.1, 0.15) is 35.1 Å². The van der Waals surface area contributed by atoms with Crippen molar-refractivity contribution in [2.24, 2.45) is 0 Å². The van der Waals surface area contributed by atoms with E-state index in [-0.39, 0.29) is 17.9 Å². The van der Waals surface area contributed by atoms with Gasteiger partial charge in [0.25, 0.3) is 0 Å². The number of halogens is 1. The molecule has 1 unspecified atom stereocenters. The Kier molecular flexibility index (Phi) is 5.12. The summed E-state index contributed by atoms with van der Waals surface area (Å²) in [6.45, 7) is 0.531. The molecule has 27 heavy (non-hydrogen) atoms. The second kappa shape index (κ2) is 7.85. The van der Waals surface area contributed by atoms with Crippen molar-refractivity contribution in [3.8, 4) is 5.75 Å². The molecule has 0 saturated heterocycles. The largest absolute Gasteiger partial charge is 0.492 e. The second-order valence-corrected chi connectivity index (χ2v) is 7.02. The molecule has 1 amide bonds. The smallest absolute Gasteiger partial charge is 0.232 e. The van der Waals surface area contributed by atoms with Crippen molar-refractivity contribution >= 4 is 17.5 Å². The highest BCUT2D eigenvalue weighted by atomic mass is 35.5. The molecule has 0 fully saturated rings. The summed E-state index contributed by atoms with van der Waals surface area (Å²) in [5.41, 5.74) is 2.88. The molecule has 136 valence electrons. The van der Waals surface area contributed by atoms with Crippen molar-refractivity contribution in [2.75, 3.05) is 6.61 Å². The van der Waals surface area contributed by atoms with E-state index in [0.717, 1.165) is 23.1 Å². The van der Waals surface area contributed by atoms with Gasteiger partial charge in [0.15, 0.2) is 0 Å². The Morgan fingerprint density at radius 1 is 0.926 bits per heavy atom. The molecule has 4 heteroatoms. The van der Waals surface area contributed by atoms with Gasteiger partial charge in [-0.05, 0) is 17.2 Å². The monoisotopic (exact) mass is 377 g/mol. The van der Waals surface area contributed by atoms with Gasteiger partial charge in [0.05, 0.1) is 23.6 Å². The molecule has 1 atom stereocenters. The summed E-state index contributed by atoms with van der Waals surface area (Å²) in [5.74, 6) is 0.287. The van der Waals surface area contributed by atoms with Gasteiger partial charge in [-0.2, -0.15) is 0 Å². The minimum Gasteiger partial charge on any atom is -0.492 e. The topological polar surface area (TPSA) is 38.3 Å². The van der Waals surface area contributed by atoms with Gasteiger partial charge in [0.2, 0.25) is 5.91 Å². The van der Waals surface area contributed by atoms with Crippen LogP contribution in [0.5, 0.6) is 5.75 Å². The number of hydrogen-bond acceptors (Lipinski definition) is 2. The number of hydrogen-bond donors (Lipinski definition) is 1. The third kappa shape index (κ3) is 3.69. The summed E-state index contributed by atoms with van der Waals surface area (Å²) in [6.07, 6.45) is 0.718. The summed E-state index contributed by atoms with van der Waals surface area (Å²) in [7, 11) is 0. The van der Waals surface area contributed by atoms with Crippen molar-refractivity contribution < 1.29 is 9.53 Å². The molecule has 3 nitrogen and oxygen atoms in total. The molecule has 0 aliphatic carbocycles. The van der Waals surface area contributed by atoms with Crippen molar-refractivity contribution in [2.45, 2.75) is 18.4 Å². The van der Waals surface area contributed by atoms with Gasteiger partial charge in [-0.3, -0.25) is 4.79 Å². The summed E-state index contributed by atoms with van der Waals surface area (Å²) < 4.78 is 5.71. The Hall–Kier alpha value is -2.78. The van der Waals surface area contributed by atoms with E-state index in [4.69, 9.17) is 16.3 Å². The fourth-order valence-corrected chi connectivity index (χ4v) is 3.81. The fourth-order valence-electron chi connectivity index (χ4n) is 3.58. The molecule has 3 aromatic rings. The molecule has 0 saturated carbocycles. The maximum absolute atomic E-state index is 13.3. The predicted molar refractivity (Wildman–Crippen MR) is 107 cm³/mol. The lowest BCUT2D eigenvalue weighted by Gasteiger charge is -2.29. The fraction of sp³-hybridized carbons (Fsp3) is 0.174. The molecule has 1 N–H and O–H groups in total. The van der Waals surface area contributed by atoms with Crippen LogP contribution in [0.15, 0.2) is 78.9 Å². The molecule has 0 spiro atoms. The highest BCUT2D eigenvalue weighted by Crippen LogP contribution is 2.38. The van der Waals surface area contributed by atoms with E-state index in [0.29, 0.717) is 17.4 Å². The molecule has 1 heterocycles. The molecule has 3 aromatic carbocycles. The van der Waals surface area contributed by atoms with Crippen LogP contribution >= 0.6 is 11.6 Å². The first-order chi connectivity index (χ1) is 13.2. The van der Waals surface area contributed by atoms with Gasteiger partial charge in [-0.15, -0.1) is 0 Å². The Balaban J connectivity index is 1.65. The van der Waals surface area contributed by atoms with Gasteiger partial charge in [0, 0.05) is 12.0 Å². The summed E-state index contributed by atoms with van der Waals surface area (Å²) in [6, 6.07) is 25.3. The number of ether oxygens (including phenoxy) is 1. The number of nitrogens with one attached hydrogen (secondary N) is 1.